The van der Waals surface area contributed by atoms with Crippen LogP contribution in [0.3, 0.4) is 0 Å². The lowest BCUT2D eigenvalue weighted by Gasteiger charge is -2.22. The van der Waals surface area contributed by atoms with Crippen molar-refractivity contribution in [3.05, 3.63) is 89.0 Å². The minimum atomic E-state index is -3.96. The molecule has 0 amide bonds. The Morgan fingerprint density at radius 1 is 0.706 bits per heavy atom. The van der Waals surface area contributed by atoms with Gasteiger partial charge in [0, 0.05) is 6.04 Å². The minimum Gasteiger partial charge on any atom is -0.219 e. The number of hydrogen-bond donors (Lipinski definition) is 1. The molecule has 180 valence electrons. The van der Waals surface area contributed by atoms with E-state index in [1.54, 1.807) is 24.3 Å². The summed E-state index contributed by atoms with van der Waals surface area (Å²) in [5.41, 5.74) is 3.53. The first kappa shape index (κ1) is 24.6. The van der Waals surface area contributed by atoms with E-state index in [4.69, 9.17) is 0 Å². The largest absolute Gasteiger partial charge is 0.241 e. The molecular formula is C27H31NO4S2. The van der Waals surface area contributed by atoms with E-state index in [1.165, 1.54) is 18.2 Å². The van der Waals surface area contributed by atoms with E-state index >= 15 is 0 Å². The van der Waals surface area contributed by atoms with Gasteiger partial charge in [0.1, 0.15) is 0 Å². The van der Waals surface area contributed by atoms with Crippen molar-refractivity contribution in [2.75, 3.05) is 0 Å². The van der Waals surface area contributed by atoms with Crippen molar-refractivity contribution < 1.29 is 16.8 Å². The topological polar surface area (TPSA) is 80.3 Å². The zero-order chi connectivity index (χ0) is 24.7. The average molecular weight is 498 g/mol. The summed E-state index contributed by atoms with van der Waals surface area (Å²) in [5, 5.41) is 0. The molecule has 4 rings (SSSR count). The van der Waals surface area contributed by atoms with Gasteiger partial charge in [-0.2, -0.15) is 0 Å². The van der Waals surface area contributed by atoms with Crippen LogP contribution < -0.4 is 4.72 Å². The molecule has 34 heavy (non-hydrogen) atoms. The molecule has 0 heterocycles. The highest BCUT2D eigenvalue weighted by Crippen LogP contribution is 2.36. The molecule has 0 radical (unpaired) electrons. The lowest BCUT2D eigenvalue weighted by molar-refractivity contribution is 0.553. The van der Waals surface area contributed by atoms with Gasteiger partial charge >= 0.3 is 0 Å². The smallest absolute Gasteiger partial charge is 0.219 e. The highest BCUT2D eigenvalue weighted by Gasteiger charge is 2.32. The Balaban J connectivity index is 1.82. The van der Waals surface area contributed by atoms with Crippen LogP contribution in [0.5, 0.6) is 0 Å². The molecule has 0 unspecified atom stereocenters. The van der Waals surface area contributed by atoms with Crippen LogP contribution in [0.2, 0.25) is 0 Å². The maximum atomic E-state index is 13.7. The zero-order valence-corrected chi connectivity index (χ0v) is 21.6. The zero-order valence-electron chi connectivity index (χ0n) is 19.9. The van der Waals surface area contributed by atoms with Crippen LogP contribution in [0.1, 0.15) is 61.8 Å². The van der Waals surface area contributed by atoms with Crippen LogP contribution in [-0.4, -0.2) is 22.9 Å². The first-order chi connectivity index (χ1) is 16.0. The maximum absolute atomic E-state index is 13.7. The van der Waals surface area contributed by atoms with Crippen molar-refractivity contribution in [2.45, 2.75) is 73.1 Å². The summed E-state index contributed by atoms with van der Waals surface area (Å²) in [5.74, 6) is -0.196. The second-order valence-electron chi connectivity index (χ2n) is 9.55. The van der Waals surface area contributed by atoms with E-state index in [0.29, 0.717) is 24.0 Å². The Bertz CT molecular complexity index is 1390. The van der Waals surface area contributed by atoms with E-state index < -0.39 is 19.9 Å². The van der Waals surface area contributed by atoms with Crippen LogP contribution >= 0.6 is 0 Å². The lowest BCUT2D eigenvalue weighted by atomic mass is 9.95. The Labute approximate surface area is 203 Å². The van der Waals surface area contributed by atoms with Gasteiger partial charge in [-0.3, -0.25) is 0 Å². The monoisotopic (exact) mass is 497 g/mol. The van der Waals surface area contributed by atoms with E-state index in [9.17, 15) is 16.8 Å². The molecular weight excluding hydrogens is 466 g/mol. The average Bonchev–Trinajstić information content (AvgIpc) is 3.20. The molecule has 3 aromatic rings. The third kappa shape index (κ3) is 4.69. The van der Waals surface area contributed by atoms with E-state index in [2.05, 4.69) is 4.72 Å². The number of benzene rings is 3. The Morgan fingerprint density at radius 2 is 1.21 bits per heavy atom. The molecule has 0 bridgehead atoms. The molecule has 1 N–H and O–H groups in total. The summed E-state index contributed by atoms with van der Waals surface area (Å²) in [6.45, 7) is 7.70. The standard InChI is InChI=1S/C27H31NO4S2/c1-18(2)24-16-25(19(3)4)27(17-26(24)33(29,30)23-12-6-5-7-13-23)34(31,32)28-22-14-20-10-8-9-11-21(20)15-22/h5-13,16-19,22,28H,14-15H2,1-4H3. The van der Waals surface area contributed by atoms with Crippen molar-refractivity contribution in [3.8, 4) is 0 Å². The summed E-state index contributed by atoms with van der Waals surface area (Å²) in [6, 6.07) is 19.0. The van der Waals surface area contributed by atoms with Gasteiger partial charge in [0.15, 0.2) is 0 Å². The molecule has 5 nitrogen and oxygen atoms in total. The van der Waals surface area contributed by atoms with Crippen LogP contribution in [-0.2, 0) is 32.7 Å². The first-order valence-corrected chi connectivity index (χ1v) is 14.5. The van der Waals surface area contributed by atoms with Crippen LogP contribution in [0, 0.1) is 0 Å². The third-order valence-electron chi connectivity index (χ3n) is 6.39. The maximum Gasteiger partial charge on any atom is 0.241 e. The summed E-state index contributed by atoms with van der Waals surface area (Å²) in [7, 11) is -7.86. The van der Waals surface area contributed by atoms with Crippen molar-refractivity contribution in [1.82, 2.24) is 4.72 Å². The molecule has 0 aromatic heterocycles. The number of nitrogens with one attached hydrogen (secondary N) is 1. The lowest BCUT2D eigenvalue weighted by Crippen LogP contribution is -2.36. The fraction of sp³-hybridized carbons (Fsp3) is 0.333. The molecule has 0 saturated heterocycles. The van der Waals surface area contributed by atoms with E-state index in [1.807, 2.05) is 52.0 Å². The fourth-order valence-electron chi connectivity index (χ4n) is 4.62. The number of sulfonamides is 1. The predicted molar refractivity (Wildman–Crippen MR) is 134 cm³/mol. The third-order valence-corrected chi connectivity index (χ3v) is 9.79. The highest BCUT2D eigenvalue weighted by atomic mass is 32.2. The second kappa shape index (κ2) is 9.29. The molecule has 3 aromatic carbocycles. The van der Waals surface area contributed by atoms with Gasteiger partial charge in [-0.25, -0.2) is 21.6 Å². The summed E-state index contributed by atoms with van der Waals surface area (Å²) in [4.78, 5) is 0.238. The molecule has 0 spiro atoms. The number of fused-ring (bicyclic) bond motifs is 1. The number of hydrogen-bond acceptors (Lipinski definition) is 4. The van der Waals surface area contributed by atoms with Crippen molar-refractivity contribution >= 4 is 19.9 Å². The van der Waals surface area contributed by atoms with Crippen LogP contribution in [0.4, 0.5) is 0 Å². The van der Waals surface area contributed by atoms with Crippen LogP contribution in [0.25, 0.3) is 0 Å². The van der Waals surface area contributed by atoms with Crippen LogP contribution in [0.15, 0.2) is 81.4 Å². The molecule has 0 fully saturated rings. The molecule has 1 aliphatic rings. The van der Waals surface area contributed by atoms with E-state index in [0.717, 1.165) is 11.1 Å². The van der Waals surface area contributed by atoms with Crippen molar-refractivity contribution in [2.24, 2.45) is 0 Å². The van der Waals surface area contributed by atoms with Crippen molar-refractivity contribution in [3.63, 3.8) is 0 Å². The summed E-state index contributed by atoms with van der Waals surface area (Å²) >= 11 is 0. The molecule has 0 saturated carbocycles. The first-order valence-electron chi connectivity index (χ1n) is 11.6. The Morgan fingerprint density at radius 3 is 1.74 bits per heavy atom. The minimum absolute atomic E-state index is 0.0392. The summed E-state index contributed by atoms with van der Waals surface area (Å²) in [6.07, 6.45) is 1.23. The number of sulfone groups is 1. The quantitative estimate of drug-likeness (QED) is 0.486. The van der Waals surface area contributed by atoms with Gasteiger partial charge in [-0.05, 0) is 65.1 Å². The normalized spacial score (nSPS) is 14.6. The highest BCUT2D eigenvalue weighted by molar-refractivity contribution is 7.91. The molecule has 7 heteroatoms. The summed E-state index contributed by atoms with van der Waals surface area (Å²) < 4.78 is 57.4. The van der Waals surface area contributed by atoms with Gasteiger partial charge in [-0.1, -0.05) is 76.2 Å². The predicted octanol–water partition coefficient (Wildman–Crippen LogP) is 5.21. The molecule has 0 atom stereocenters. The Kier molecular flexibility index (Phi) is 6.73. The van der Waals surface area contributed by atoms with Gasteiger partial charge in [0.25, 0.3) is 0 Å². The van der Waals surface area contributed by atoms with Gasteiger partial charge in [-0.15, -0.1) is 0 Å². The van der Waals surface area contributed by atoms with Crippen molar-refractivity contribution in [1.29, 1.82) is 0 Å². The van der Waals surface area contributed by atoms with Gasteiger partial charge in [0.2, 0.25) is 19.9 Å². The molecule has 0 aliphatic heterocycles. The van der Waals surface area contributed by atoms with Gasteiger partial charge in [0.05, 0.1) is 14.7 Å². The SMILES string of the molecule is CC(C)c1cc(C(C)C)c(S(=O)(=O)c2ccccc2)cc1S(=O)(=O)NC1Cc2ccccc2C1. The van der Waals surface area contributed by atoms with E-state index in [-0.39, 0.29) is 32.6 Å². The Hall–Kier alpha value is -2.48. The second-order valence-corrected chi connectivity index (χ2v) is 13.1. The molecule has 1 aliphatic carbocycles. The number of rotatable bonds is 7. The fourth-order valence-corrected chi connectivity index (χ4v) is 7.95. The van der Waals surface area contributed by atoms with Gasteiger partial charge < -0.3 is 0 Å².